The van der Waals surface area contributed by atoms with Gasteiger partial charge in [-0.25, -0.2) is 0 Å². The number of hydrogen-bond acceptors (Lipinski definition) is 6. The molecular weight excluding hydrogens is 254 g/mol. The predicted octanol–water partition coefficient (Wildman–Crippen LogP) is -0.912. The van der Waals surface area contributed by atoms with E-state index in [2.05, 4.69) is 20.2 Å². The number of nitrogens with zero attached hydrogens (tertiary/aromatic N) is 3. The fraction of sp³-hybridized carbons (Fsp3) is 0.600. The van der Waals surface area contributed by atoms with Crippen molar-refractivity contribution >= 4 is 23.3 Å². The summed E-state index contributed by atoms with van der Waals surface area (Å²) >= 11 is 1.13. The fourth-order valence-electron chi connectivity index (χ4n) is 1.88. The highest BCUT2D eigenvalue weighted by Crippen LogP contribution is 2.10. The lowest BCUT2D eigenvalue weighted by molar-refractivity contribution is -0.126. The molecule has 2 amide bonds. The van der Waals surface area contributed by atoms with Gasteiger partial charge in [-0.05, 0) is 18.5 Å². The minimum absolute atomic E-state index is 0.138. The van der Waals surface area contributed by atoms with Crippen LogP contribution in [0, 0.1) is 0 Å². The number of piperazine rings is 1. The summed E-state index contributed by atoms with van der Waals surface area (Å²) in [5, 5.41) is 11.2. The van der Waals surface area contributed by atoms with E-state index in [0.717, 1.165) is 11.5 Å². The lowest BCUT2D eigenvalue weighted by atomic mass is 10.1. The Morgan fingerprint density at radius 1 is 1.67 bits per heavy atom. The van der Waals surface area contributed by atoms with Gasteiger partial charge in [0.1, 0.15) is 6.04 Å². The average molecular weight is 269 g/mol. The molecule has 1 saturated heterocycles. The van der Waals surface area contributed by atoms with Gasteiger partial charge < -0.3 is 15.5 Å². The molecule has 8 heteroatoms. The highest BCUT2D eigenvalue weighted by molar-refractivity contribution is 7.03. The quantitative estimate of drug-likeness (QED) is 0.741. The third-order valence-corrected chi connectivity index (χ3v) is 3.24. The Morgan fingerprint density at radius 3 is 3.17 bits per heavy atom. The van der Waals surface area contributed by atoms with Gasteiger partial charge in [0, 0.05) is 31.6 Å². The number of amides is 2. The Labute approximate surface area is 109 Å². The van der Waals surface area contributed by atoms with Crippen LogP contribution in [0.3, 0.4) is 0 Å². The van der Waals surface area contributed by atoms with Crippen molar-refractivity contribution in [2.24, 2.45) is 0 Å². The molecule has 7 nitrogen and oxygen atoms in total. The Bertz CT molecular complexity index is 422. The molecule has 98 valence electrons. The molecule has 1 aliphatic rings. The molecule has 1 fully saturated rings. The van der Waals surface area contributed by atoms with E-state index in [1.54, 1.807) is 10.3 Å². The van der Waals surface area contributed by atoms with E-state index >= 15 is 0 Å². The molecule has 0 saturated carbocycles. The lowest BCUT2D eigenvalue weighted by Gasteiger charge is -2.34. The molecule has 2 N–H and O–H groups in total. The van der Waals surface area contributed by atoms with E-state index in [1.165, 1.54) is 0 Å². The highest BCUT2D eigenvalue weighted by Gasteiger charge is 2.33. The summed E-state index contributed by atoms with van der Waals surface area (Å²) in [6.07, 6.45) is 0. The van der Waals surface area contributed by atoms with Crippen molar-refractivity contribution < 1.29 is 9.59 Å². The minimum atomic E-state index is -0.479. The van der Waals surface area contributed by atoms with Crippen LogP contribution in [0.2, 0.25) is 0 Å². The van der Waals surface area contributed by atoms with Crippen LogP contribution in [0.15, 0.2) is 5.38 Å². The first-order chi connectivity index (χ1) is 8.74. The lowest BCUT2D eigenvalue weighted by Crippen LogP contribution is -2.59. The van der Waals surface area contributed by atoms with Crippen LogP contribution < -0.4 is 10.6 Å². The topological polar surface area (TPSA) is 87.2 Å². The summed E-state index contributed by atoms with van der Waals surface area (Å²) in [7, 11) is 0. The third-order valence-electron chi connectivity index (χ3n) is 2.74. The van der Waals surface area contributed by atoms with Gasteiger partial charge in [0.2, 0.25) is 5.91 Å². The van der Waals surface area contributed by atoms with Crippen molar-refractivity contribution in [1.82, 2.24) is 25.1 Å². The molecule has 0 aliphatic carbocycles. The van der Waals surface area contributed by atoms with Gasteiger partial charge in [-0.3, -0.25) is 9.59 Å². The minimum Gasteiger partial charge on any atom is -0.355 e. The second-order valence-corrected chi connectivity index (χ2v) is 4.51. The molecule has 1 aromatic rings. The predicted molar refractivity (Wildman–Crippen MR) is 66.3 cm³/mol. The highest BCUT2D eigenvalue weighted by atomic mass is 32.1. The van der Waals surface area contributed by atoms with Gasteiger partial charge in [0.15, 0.2) is 5.69 Å². The summed E-state index contributed by atoms with van der Waals surface area (Å²) in [6, 6.07) is -0.479. The molecule has 2 heterocycles. The summed E-state index contributed by atoms with van der Waals surface area (Å²) in [6.45, 7) is 4.05. The van der Waals surface area contributed by atoms with E-state index in [0.29, 0.717) is 31.9 Å². The molecule has 1 atom stereocenters. The number of hydrogen-bond donors (Lipinski definition) is 2. The summed E-state index contributed by atoms with van der Waals surface area (Å²) in [5.41, 5.74) is 0.302. The van der Waals surface area contributed by atoms with E-state index in [1.807, 2.05) is 6.92 Å². The van der Waals surface area contributed by atoms with E-state index < -0.39 is 6.04 Å². The van der Waals surface area contributed by atoms with Crippen LogP contribution in [0.1, 0.15) is 17.4 Å². The largest absolute Gasteiger partial charge is 0.355 e. The Morgan fingerprint density at radius 2 is 2.50 bits per heavy atom. The van der Waals surface area contributed by atoms with Crippen molar-refractivity contribution in [1.29, 1.82) is 0 Å². The summed E-state index contributed by atoms with van der Waals surface area (Å²) in [4.78, 5) is 25.7. The number of carbonyl (C=O) groups excluding carboxylic acids is 2. The molecule has 0 spiro atoms. The monoisotopic (exact) mass is 269 g/mol. The van der Waals surface area contributed by atoms with Crippen molar-refractivity contribution in [3.8, 4) is 0 Å². The SMILES string of the molecule is CCNC(=O)C1CNCCN1C(=O)c1csnn1. The normalized spacial score (nSPS) is 19.6. The molecule has 2 rings (SSSR count). The standard InChI is InChI=1S/C10H15N5O2S/c1-2-12-9(16)8-5-11-3-4-15(8)10(17)7-6-18-14-13-7/h6,8,11H,2-5H2,1H3,(H,12,16). The van der Waals surface area contributed by atoms with Gasteiger partial charge in [-0.15, -0.1) is 5.10 Å². The fourth-order valence-corrected chi connectivity index (χ4v) is 2.31. The maximum atomic E-state index is 12.2. The maximum absolute atomic E-state index is 12.2. The summed E-state index contributed by atoms with van der Waals surface area (Å²) < 4.78 is 3.67. The van der Waals surface area contributed by atoms with Crippen molar-refractivity contribution in [2.75, 3.05) is 26.2 Å². The van der Waals surface area contributed by atoms with Crippen LogP contribution in [0.25, 0.3) is 0 Å². The maximum Gasteiger partial charge on any atom is 0.276 e. The zero-order valence-corrected chi connectivity index (χ0v) is 10.9. The zero-order chi connectivity index (χ0) is 13.0. The Hall–Kier alpha value is -1.54. The second kappa shape index (κ2) is 5.87. The number of aromatic nitrogens is 2. The average Bonchev–Trinajstić information content (AvgIpc) is 2.92. The number of rotatable bonds is 3. The Balaban J connectivity index is 2.12. The second-order valence-electron chi connectivity index (χ2n) is 3.90. The number of carbonyl (C=O) groups is 2. The van der Waals surface area contributed by atoms with Crippen LogP contribution in [0.5, 0.6) is 0 Å². The first kappa shape index (κ1) is 12.9. The third kappa shape index (κ3) is 2.65. The van der Waals surface area contributed by atoms with Gasteiger partial charge in [0.25, 0.3) is 5.91 Å². The van der Waals surface area contributed by atoms with E-state index in [9.17, 15) is 9.59 Å². The van der Waals surface area contributed by atoms with Gasteiger partial charge in [0.05, 0.1) is 0 Å². The number of likely N-dealkylation sites (N-methyl/N-ethyl adjacent to an activating group) is 1. The van der Waals surface area contributed by atoms with Crippen molar-refractivity contribution in [3.05, 3.63) is 11.1 Å². The van der Waals surface area contributed by atoms with Gasteiger partial charge >= 0.3 is 0 Å². The van der Waals surface area contributed by atoms with E-state index in [-0.39, 0.29) is 11.8 Å². The molecular formula is C10H15N5O2S. The molecule has 1 aromatic heterocycles. The van der Waals surface area contributed by atoms with Crippen LogP contribution >= 0.6 is 11.5 Å². The molecule has 18 heavy (non-hydrogen) atoms. The van der Waals surface area contributed by atoms with Crippen LogP contribution in [0.4, 0.5) is 0 Å². The Kier molecular flexibility index (Phi) is 4.21. The van der Waals surface area contributed by atoms with E-state index in [4.69, 9.17) is 0 Å². The van der Waals surface area contributed by atoms with Gasteiger partial charge in [-0.1, -0.05) is 4.49 Å². The van der Waals surface area contributed by atoms with Crippen LogP contribution in [-0.4, -0.2) is 58.5 Å². The molecule has 1 aliphatic heterocycles. The van der Waals surface area contributed by atoms with Gasteiger partial charge in [-0.2, -0.15) is 0 Å². The molecule has 0 bridgehead atoms. The summed E-state index contributed by atoms with van der Waals surface area (Å²) in [5.74, 6) is -0.372. The number of nitrogens with one attached hydrogen (secondary N) is 2. The first-order valence-corrected chi connectivity index (χ1v) is 6.64. The first-order valence-electron chi connectivity index (χ1n) is 5.80. The van der Waals surface area contributed by atoms with Crippen molar-refractivity contribution in [2.45, 2.75) is 13.0 Å². The van der Waals surface area contributed by atoms with Crippen LogP contribution in [-0.2, 0) is 4.79 Å². The molecule has 0 aromatic carbocycles. The smallest absolute Gasteiger partial charge is 0.276 e. The van der Waals surface area contributed by atoms with Crippen molar-refractivity contribution in [3.63, 3.8) is 0 Å². The molecule has 0 radical (unpaired) electrons. The zero-order valence-electron chi connectivity index (χ0n) is 10.0. The molecule has 1 unspecified atom stereocenters.